The lowest BCUT2D eigenvalue weighted by atomic mass is 9.56. The molecule has 0 aromatic rings. The average Bonchev–Trinajstić information content (AvgIpc) is 3.60. The Labute approximate surface area is 240 Å². The molecular formula is C38H70. The Morgan fingerprint density at radius 1 is 0.553 bits per heavy atom. The maximum absolute atomic E-state index is 2.61. The average molecular weight is 527 g/mol. The van der Waals surface area contributed by atoms with Crippen LogP contribution in [0, 0.1) is 71.0 Å². The molecule has 5 aliphatic carbocycles. The Morgan fingerprint density at radius 2 is 1.24 bits per heavy atom. The molecule has 5 fully saturated rings. The van der Waals surface area contributed by atoms with Gasteiger partial charge in [0.05, 0.1) is 0 Å². The molecule has 0 radical (unpaired) electrons. The van der Waals surface area contributed by atoms with Gasteiger partial charge in [0, 0.05) is 0 Å². The van der Waals surface area contributed by atoms with Crippen molar-refractivity contribution in [2.45, 2.75) is 170 Å². The smallest absolute Gasteiger partial charge is 0.0324 e. The van der Waals surface area contributed by atoms with E-state index in [1.54, 1.807) is 77.0 Å². The predicted octanol–water partition coefficient (Wildman–Crippen LogP) is 12.4. The Balaban J connectivity index is 0.000000186. The van der Waals surface area contributed by atoms with Crippen LogP contribution in [0.2, 0.25) is 0 Å². The molecule has 0 saturated heterocycles. The Kier molecular flexibility index (Phi) is 12.5. The molecule has 0 N–H and O–H groups in total. The molecule has 5 rings (SSSR count). The third-order valence-corrected chi connectivity index (χ3v) is 13.6. The van der Waals surface area contributed by atoms with E-state index >= 15 is 0 Å². The first-order chi connectivity index (χ1) is 18.5. The molecule has 10 unspecified atom stereocenters. The maximum atomic E-state index is 2.61. The highest BCUT2D eigenvalue weighted by Crippen LogP contribution is 2.56. The predicted molar refractivity (Wildman–Crippen MR) is 168 cm³/mol. The summed E-state index contributed by atoms with van der Waals surface area (Å²) in [6, 6.07) is 0. The molecule has 5 saturated carbocycles. The summed E-state index contributed by atoms with van der Waals surface area (Å²) in [5.41, 5.74) is 0. The summed E-state index contributed by atoms with van der Waals surface area (Å²) in [7, 11) is 0. The molecule has 0 aromatic carbocycles. The van der Waals surface area contributed by atoms with E-state index in [9.17, 15) is 0 Å². The molecule has 0 spiro atoms. The van der Waals surface area contributed by atoms with Crippen LogP contribution in [-0.4, -0.2) is 0 Å². The third-order valence-electron chi connectivity index (χ3n) is 13.6. The first-order valence-electron chi connectivity index (χ1n) is 18.5. The fraction of sp³-hybridized carbons (Fsp3) is 1.00. The van der Waals surface area contributed by atoms with Crippen LogP contribution in [0.1, 0.15) is 170 Å². The first-order valence-corrected chi connectivity index (χ1v) is 18.5. The zero-order valence-electron chi connectivity index (χ0n) is 27.1. The molecule has 38 heavy (non-hydrogen) atoms. The van der Waals surface area contributed by atoms with E-state index in [0.717, 1.165) is 71.0 Å². The van der Waals surface area contributed by atoms with Gasteiger partial charge in [-0.2, -0.15) is 0 Å². The third kappa shape index (κ3) is 7.64. The first kappa shape index (κ1) is 30.9. The van der Waals surface area contributed by atoms with E-state index in [2.05, 4.69) is 41.5 Å². The van der Waals surface area contributed by atoms with Crippen molar-refractivity contribution in [2.75, 3.05) is 0 Å². The summed E-state index contributed by atoms with van der Waals surface area (Å²) in [6.07, 6.45) is 30.4. The normalized spacial score (nSPS) is 45.3. The second-order valence-corrected chi connectivity index (χ2v) is 15.7. The van der Waals surface area contributed by atoms with Gasteiger partial charge >= 0.3 is 0 Å². The van der Waals surface area contributed by atoms with Gasteiger partial charge in [0.1, 0.15) is 0 Å². The van der Waals surface area contributed by atoms with Crippen molar-refractivity contribution >= 4 is 0 Å². The number of fused-ring (bicyclic) bond motifs is 1. The van der Waals surface area contributed by atoms with Gasteiger partial charge in [0.25, 0.3) is 0 Å². The van der Waals surface area contributed by atoms with Crippen LogP contribution in [-0.2, 0) is 0 Å². The van der Waals surface area contributed by atoms with Crippen LogP contribution >= 0.6 is 0 Å². The summed E-state index contributed by atoms with van der Waals surface area (Å²) in [4.78, 5) is 0. The van der Waals surface area contributed by atoms with Crippen molar-refractivity contribution in [2.24, 2.45) is 71.0 Å². The monoisotopic (exact) mass is 527 g/mol. The van der Waals surface area contributed by atoms with Crippen molar-refractivity contribution in [3.8, 4) is 0 Å². The highest BCUT2D eigenvalue weighted by Gasteiger charge is 2.47. The minimum atomic E-state index is 1.01. The zero-order valence-corrected chi connectivity index (χ0v) is 27.1. The Hall–Kier alpha value is 0. The largest absolute Gasteiger partial charge is 0.0654 e. The standard InChI is InChI=1S/C22H40.C16H30/c1-4-6-9-20-16(3)15-19-8-7-10-21(19)22(20)18-13-11-17(5-2)12-14-18;1-4-13-7-9-16(14(5-2)11-13)15-8-6-12(3)10-15/h16-22H,4-15H2,1-3H3;12-16H,4-11H2,1-3H3. The molecule has 222 valence electrons. The van der Waals surface area contributed by atoms with E-state index < -0.39 is 0 Å². The van der Waals surface area contributed by atoms with E-state index in [1.807, 2.05) is 0 Å². The van der Waals surface area contributed by atoms with Crippen molar-refractivity contribution in [1.82, 2.24) is 0 Å². The Bertz CT molecular complexity index is 642. The van der Waals surface area contributed by atoms with Gasteiger partial charge in [-0.25, -0.2) is 0 Å². The SMILES string of the molecule is CCC1CCC(C2CCC(C)C2)C(CC)C1.CCCCC1C(C)CC2CCCC2C1C1CCC(CC)CC1. The Morgan fingerprint density at radius 3 is 1.87 bits per heavy atom. The maximum Gasteiger partial charge on any atom is -0.0324 e. The van der Waals surface area contributed by atoms with Crippen molar-refractivity contribution in [3.63, 3.8) is 0 Å². The highest BCUT2D eigenvalue weighted by atomic mass is 14.5. The quantitative estimate of drug-likeness (QED) is 0.295. The molecular weight excluding hydrogens is 456 g/mol. The molecule has 10 atom stereocenters. The van der Waals surface area contributed by atoms with Crippen LogP contribution in [0.4, 0.5) is 0 Å². The zero-order chi connectivity index (χ0) is 27.1. The van der Waals surface area contributed by atoms with Gasteiger partial charge in [0.2, 0.25) is 0 Å². The van der Waals surface area contributed by atoms with Crippen molar-refractivity contribution in [1.29, 1.82) is 0 Å². The summed E-state index contributed by atoms with van der Waals surface area (Å²) < 4.78 is 0. The number of unbranched alkanes of at least 4 members (excludes halogenated alkanes) is 1. The van der Waals surface area contributed by atoms with Gasteiger partial charge in [-0.3, -0.25) is 0 Å². The fourth-order valence-electron chi connectivity index (χ4n) is 11.3. The van der Waals surface area contributed by atoms with Crippen LogP contribution < -0.4 is 0 Å². The summed E-state index contributed by atoms with van der Waals surface area (Å²) in [6.45, 7) is 14.7. The minimum absolute atomic E-state index is 1.01. The van der Waals surface area contributed by atoms with Crippen LogP contribution in [0.25, 0.3) is 0 Å². The van der Waals surface area contributed by atoms with E-state index in [0.29, 0.717) is 0 Å². The van der Waals surface area contributed by atoms with Gasteiger partial charge < -0.3 is 0 Å². The lowest BCUT2D eigenvalue weighted by Gasteiger charge is -2.49. The van der Waals surface area contributed by atoms with Gasteiger partial charge in [-0.05, 0) is 129 Å². The number of rotatable bonds is 8. The molecule has 0 heteroatoms. The van der Waals surface area contributed by atoms with Crippen LogP contribution in [0.3, 0.4) is 0 Å². The molecule has 0 bridgehead atoms. The van der Waals surface area contributed by atoms with E-state index in [4.69, 9.17) is 0 Å². The fourth-order valence-corrected chi connectivity index (χ4v) is 11.3. The van der Waals surface area contributed by atoms with E-state index in [1.165, 1.54) is 51.4 Å². The highest BCUT2D eigenvalue weighted by molar-refractivity contribution is 4.97. The lowest BCUT2D eigenvalue weighted by molar-refractivity contribution is -0.00258. The van der Waals surface area contributed by atoms with E-state index in [-0.39, 0.29) is 0 Å². The topological polar surface area (TPSA) is 0 Å². The number of hydrogen-bond donors (Lipinski definition) is 0. The van der Waals surface area contributed by atoms with Gasteiger partial charge in [-0.1, -0.05) is 112 Å². The molecule has 0 nitrogen and oxygen atoms in total. The van der Waals surface area contributed by atoms with Gasteiger partial charge in [-0.15, -0.1) is 0 Å². The second-order valence-electron chi connectivity index (χ2n) is 15.7. The minimum Gasteiger partial charge on any atom is -0.0654 e. The molecule has 0 aliphatic heterocycles. The van der Waals surface area contributed by atoms with Crippen LogP contribution in [0.15, 0.2) is 0 Å². The summed E-state index contributed by atoms with van der Waals surface area (Å²) in [5.74, 6) is 12.9. The summed E-state index contributed by atoms with van der Waals surface area (Å²) in [5, 5.41) is 0. The molecule has 0 heterocycles. The lowest BCUT2D eigenvalue weighted by Crippen LogP contribution is -2.42. The molecule has 0 aromatic heterocycles. The van der Waals surface area contributed by atoms with Crippen molar-refractivity contribution in [3.05, 3.63) is 0 Å². The molecule has 5 aliphatic rings. The second kappa shape index (κ2) is 15.3. The molecule has 0 amide bonds. The van der Waals surface area contributed by atoms with Crippen molar-refractivity contribution < 1.29 is 0 Å². The summed E-state index contributed by atoms with van der Waals surface area (Å²) >= 11 is 0. The van der Waals surface area contributed by atoms with Crippen LogP contribution in [0.5, 0.6) is 0 Å². The number of hydrogen-bond acceptors (Lipinski definition) is 0. The van der Waals surface area contributed by atoms with Gasteiger partial charge in [0.15, 0.2) is 0 Å².